The van der Waals surface area contributed by atoms with Crippen molar-refractivity contribution >= 4 is 17.5 Å². The molecule has 0 radical (unpaired) electrons. The quantitative estimate of drug-likeness (QED) is 0.772. The molecular weight excluding hydrogens is 308 g/mol. The van der Waals surface area contributed by atoms with Crippen LogP contribution >= 0.6 is 11.6 Å². The fourth-order valence-electron chi connectivity index (χ4n) is 3.42. The number of alkyl halides is 1. The van der Waals surface area contributed by atoms with Gasteiger partial charge < -0.3 is 4.90 Å². The average molecular weight is 335 g/mol. The van der Waals surface area contributed by atoms with Gasteiger partial charge in [0.1, 0.15) is 0 Å². The molecule has 1 saturated heterocycles. The van der Waals surface area contributed by atoms with Crippen molar-refractivity contribution in [3.63, 3.8) is 0 Å². The minimum Gasteiger partial charge on any atom is -0.336 e. The number of hydrogen-bond acceptors (Lipinski definition) is 2. The third-order valence-corrected chi connectivity index (χ3v) is 5.73. The van der Waals surface area contributed by atoms with Gasteiger partial charge in [0.05, 0.1) is 5.41 Å². The van der Waals surface area contributed by atoms with E-state index in [2.05, 4.69) is 34.1 Å². The lowest BCUT2D eigenvalue weighted by molar-refractivity contribution is -0.144. The highest BCUT2D eigenvalue weighted by atomic mass is 35.5. The van der Waals surface area contributed by atoms with Crippen LogP contribution in [0.4, 0.5) is 0 Å². The van der Waals surface area contributed by atoms with Gasteiger partial charge in [-0.25, -0.2) is 0 Å². The average Bonchev–Trinajstić information content (AvgIpc) is 3.40. The summed E-state index contributed by atoms with van der Waals surface area (Å²) in [5, 5.41) is 0. The Morgan fingerprint density at radius 1 is 1.22 bits per heavy atom. The summed E-state index contributed by atoms with van der Waals surface area (Å²) in [4.78, 5) is 17.6. The number of hydrogen-bond donors (Lipinski definition) is 0. The molecule has 0 spiro atoms. The third-order valence-electron chi connectivity index (χ3n) is 5.07. The molecule has 2 aliphatic rings. The second kappa shape index (κ2) is 6.82. The molecule has 1 unspecified atom stereocenters. The van der Waals surface area contributed by atoms with E-state index < -0.39 is 5.41 Å². The van der Waals surface area contributed by atoms with Gasteiger partial charge in [-0.15, -0.1) is 11.6 Å². The van der Waals surface area contributed by atoms with Crippen LogP contribution in [-0.4, -0.2) is 53.3 Å². The zero-order chi connectivity index (χ0) is 16.4. The summed E-state index contributed by atoms with van der Waals surface area (Å²) in [5.41, 5.74) is 0.815. The topological polar surface area (TPSA) is 23.6 Å². The molecule has 1 atom stereocenters. The fourth-order valence-corrected chi connectivity index (χ4v) is 3.54. The molecule has 1 amide bonds. The van der Waals surface area contributed by atoms with Crippen molar-refractivity contribution < 1.29 is 4.79 Å². The Kier molecular flexibility index (Phi) is 4.98. The number of amides is 1. The van der Waals surface area contributed by atoms with Gasteiger partial charge >= 0.3 is 0 Å². The summed E-state index contributed by atoms with van der Waals surface area (Å²) in [5.74, 6) is 0.566. The van der Waals surface area contributed by atoms with Crippen LogP contribution in [0.15, 0.2) is 30.3 Å². The SMILES string of the molecule is CC(C)(CCl)C(=O)N1CCN(C2CC2)CC1Cc1ccccc1. The largest absolute Gasteiger partial charge is 0.336 e. The summed E-state index contributed by atoms with van der Waals surface area (Å²) in [6.07, 6.45) is 3.56. The Hall–Kier alpha value is -1.06. The highest BCUT2D eigenvalue weighted by molar-refractivity contribution is 6.19. The number of carbonyl (C=O) groups excluding carboxylic acids is 1. The van der Waals surface area contributed by atoms with Gasteiger partial charge in [0.25, 0.3) is 0 Å². The minimum atomic E-state index is -0.488. The van der Waals surface area contributed by atoms with Crippen molar-refractivity contribution in [1.82, 2.24) is 9.80 Å². The van der Waals surface area contributed by atoms with E-state index >= 15 is 0 Å². The van der Waals surface area contributed by atoms with Crippen LogP contribution in [0.3, 0.4) is 0 Å². The zero-order valence-electron chi connectivity index (χ0n) is 14.2. The first kappa shape index (κ1) is 16.8. The molecule has 1 aliphatic carbocycles. The Balaban J connectivity index is 1.76. The van der Waals surface area contributed by atoms with Gasteiger partial charge in [-0.1, -0.05) is 30.3 Å². The fraction of sp³-hybridized carbons (Fsp3) is 0.632. The van der Waals surface area contributed by atoms with Crippen LogP contribution < -0.4 is 0 Å². The Labute approximate surface area is 144 Å². The standard InChI is InChI=1S/C19H27ClN2O/c1-19(2,14-20)18(23)22-11-10-21(16-8-9-16)13-17(22)12-15-6-4-3-5-7-15/h3-7,16-17H,8-14H2,1-2H3. The smallest absolute Gasteiger partial charge is 0.229 e. The number of rotatable bonds is 5. The second-order valence-electron chi connectivity index (χ2n) is 7.59. The van der Waals surface area contributed by atoms with Crippen LogP contribution in [0.2, 0.25) is 0 Å². The normalized spacial score (nSPS) is 23.1. The summed E-state index contributed by atoms with van der Waals surface area (Å²) in [6.45, 7) is 6.72. The van der Waals surface area contributed by atoms with Crippen molar-refractivity contribution in [2.45, 2.75) is 45.2 Å². The molecule has 2 fully saturated rings. The van der Waals surface area contributed by atoms with E-state index in [1.165, 1.54) is 18.4 Å². The number of benzene rings is 1. The van der Waals surface area contributed by atoms with Crippen molar-refractivity contribution in [1.29, 1.82) is 0 Å². The summed E-state index contributed by atoms with van der Waals surface area (Å²) in [6, 6.07) is 11.5. The predicted molar refractivity (Wildman–Crippen MR) is 94.7 cm³/mol. The van der Waals surface area contributed by atoms with E-state index in [-0.39, 0.29) is 11.9 Å². The Bertz CT molecular complexity index is 542. The molecule has 126 valence electrons. The van der Waals surface area contributed by atoms with E-state index in [4.69, 9.17) is 11.6 Å². The molecule has 0 aromatic heterocycles. The van der Waals surface area contributed by atoms with Crippen LogP contribution in [0, 0.1) is 5.41 Å². The zero-order valence-corrected chi connectivity index (χ0v) is 14.9. The maximum atomic E-state index is 13.0. The monoisotopic (exact) mass is 334 g/mol. The van der Waals surface area contributed by atoms with Gasteiger partial charge in [0.15, 0.2) is 0 Å². The lowest BCUT2D eigenvalue weighted by Gasteiger charge is -2.44. The number of halogens is 1. The third kappa shape index (κ3) is 3.89. The number of nitrogens with zero attached hydrogens (tertiary/aromatic N) is 2. The van der Waals surface area contributed by atoms with Crippen molar-refractivity contribution in [3.05, 3.63) is 35.9 Å². The molecule has 0 N–H and O–H groups in total. The first-order chi connectivity index (χ1) is 11.0. The Morgan fingerprint density at radius 2 is 1.91 bits per heavy atom. The van der Waals surface area contributed by atoms with Gasteiger partial charge in [-0.05, 0) is 38.7 Å². The molecule has 23 heavy (non-hydrogen) atoms. The van der Waals surface area contributed by atoms with E-state index in [9.17, 15) is 4.79 Å². The molecule has 3 rings (SSSR count). The van der Waals surface area contributed by atoms with E-state index in [1.54, 1.807) is 0 Å². The maximum Gasteiger partial charge on any atom is 0.229 e. The van der Waals surface area contributed by atoms with E-state index in [1.807, 2.05) is 19.9 Å². The molecule has 1 saturated carbocycles. The summed E-state index contributed by atoms with van der Waals surface area (Å²) in [7, 11) is 0. The molecule has 0 bridgehead atoms. The molecule has 4 heteroatoms. The first-order valence-corrected chi connectivity index (χ1v) is 9.20. The lowest BCUT2D eigenvalue weighted by Crippen LogP contribution is -2.59. The second-order valence-corrected chi connectivity index (χ2v) is 7.85. The van der Waals surface area contributed by atoms with Crippen molar-refractivity contribution in [2.24, 2.45) is 5.41 Å². The molecular formula is C19H27ClN2O. The summed E-state index contributed by atoms with van der Waals surface area (Å²) >= 11 is 6.05. The Morgan fingerprint density at radius 3 is 2.52 bits per heavy atom. The number of piperazine rings is 1. The number of carbonyl (C=O) groups is 1. The van der Waals surface area contributed by atoms with Crippen LogP contribution in [0.25, 0.3) is 0 Å². The van der Waals surface area contributed by atoms with E-state index in [0.29, 0.717) is 5.88 Å². The van der Waals surface area contributed by atoms with Crippen LogP contribution in [-0.2, 0) is 11.2 Å². The highest BCUT2D eigenvalue weighted by Crippen LogP contribution is 2.31. The highest BCUT2D eigenvalue weighted by Gasteiger charge is 2.40. The minimum absolute atomic E-state index is 0.198. The predicted octanol–water partition coefficient (Wildman–Crippen LogP) is 3.17. The van der Waals surface area contributed by atoms with Crippen molar-refractivity contribution in [3.8, 4) is 0 Å². The summed E-state index contributed by atoms with van der Waals surface area (Å²) < 4.78 is 0. The maximum absolute atomic E-state index is 13.0. The van der Waals surface area contributed by atoms with Gasteiger partial charge in [-0.3, -0.25) is 9.69 Å². The molecule has 3 nitrogen and oxygen atoms in total. The van der Waals surface area contributed by atoms with Gasteiger partial charge in [0, 0.05) is 37.6 Å². The van der Waals surface area contributed by atoms with Crippen molar-refractivity contribution in [2.75, 3.05) is 25.5 Å². The molecule has 1 heterocycles. The van der Waals surface area contributed by atoms with Gasteiger partial charge in [0.2, 0.25) is 5.91 Å². The van der Waals surface area contributed by atoms with Crippen LogP contribution in [0.1, 0.15) is 32.3 Å². The molecule has 1 aromatic carbocycles. The van der Waals surface area contributed by atoms with E-state index in [0.717, 1.165) is 32.1 Å². The molecule has 1 aromatic rings. The lowest BCUT2D eigenvalue weighted by atomic mass is 9.91. The van der Waals surface area contributed by atoms with Gasteiger partial charge in [-0.2, -0.15) is 0 Å². The first-order valence-electron chi connectivity index (χ1n) is 8.66. The van der Waals surface area contributed by atoms with Crippen LogP contribution in [0.5, 0.6) is 0 Å². The molecule has 1 aliphatic heterocycles.